The summed E-state index contributed by atoms with van der Waals surface area (Å²) < 4.78 is 48.2. The molecule has 5 nitrogen and oxygen atoms in total. The summed E-state index contributed by atoms with van der Waals surface area (Å²) in [4.78, 5) is 11.9. The second kappa shape index (κ2) is 5.69. The standard InChI is InChI=1S/C13H16F2N2O3S/c14-13(15)7-5-9(6-8-13)12(18)17-10-1-3-11(4-2-10)21(16,19)20/h1-4,9H,5-8H2,(H,17,18)(H2,16,19,20). The van der Waals surface area contributed by atoms with Gasteiger partial charge in [0.2, 0.25) is 21.9 Å². The van der Waals surface area contributed by atoms with Gasteiger partial charge >= 0.3 is 0 Å². The summed E-state index contributed by atoms with van der Waals surface area (Å²) in [5, 5.41) is 7.56. The molecule has 0 unspecified atom stereocenters. The number of anilines is 1. The highest BCUT2D eigenvalue weighted by atomic mass is 32.2. The minimum atomic E-state index is -3.78. The SMILES string of the molecule is NS(=O)(=O)c1ccc(NC(=O)C2CCC(F)(F)CC2)cc1. The van der Waals surface area contributed by atoms with Gasteiger partial charge in [0.25, 0.3) is 0 Å². The first-order valence-electron chi connectivity index (χ1n) is 6.49. The van der Waals surface area contributed by atoms with E-state index in [-0.39, 0.29) is 36.5 Å². The zero-order chi connectivity index (χ0) is 15.7. The number of carbonyl (C=O) groups excluding carboxylic acids is 1. The maximum Gasteiger partial charge on any atom is 0.248 e. The van der Waals surface area contributed by atoms with E-state index in [4.69, 9.17) is 5.14 Å². The molecule has 116 valence electrons. The topological polar surface area (TPSA) is 89.3 Å². The molecule has 0 atom stereocenters. The molecule has 1 amide bonds. The highest BCUT2D eigenvalue weighted by molar-refractivity contribution is 7.89. The Morgan fingerprint density at radius 1 is 1.19 bits per heavy atom. The van der Waals surface area contributed by atoms with Crippen LogP contribution in [0.3, 0.4) is 0 Å². The van der Waals surface area contributed by atoms with Crippen LogP contribution in [0.2, 0.25) is 0 Å². The Kier molecular flexibility index (Phi) is 4.29. The van der Waals surface area contributed by atoms with Gasteiger partial charge in [-0.05, 0) is 37.1 Å². The summed E-state index contributed by atoms with van der Waals surface area (Å²) in [7, 11) is -3.78. The average molecular weight is 318 g/mol. The zero-order valence-corrected chi connectivity index (χ0v) is 12.0. The van der Waals surface area contributed by atoms with Crippen molar-refractivity contribution in [3.63, 3.8) is 0 Å². The van der Waals surface area contributed by atoms with Gasteiger partial charge in [-0.15, -0.1) is 0 Å². The summed E-state index contributed by atoms with van der Waals surface area (Å²) >= 11 is 0. The van der Waals surface area contributed by atoms with Gasteiger partial charge in [-0.25, -0.2) is 22.3 Å². The molecule has 0 heterocycles. The van der Waals surface area contributed by atoms with Gasteiger partial charge in [-0.1, -0.05) is 0 Å². The van der Waals surface area contributed by atoms with Crippen LogP contribution < -0.4 is 10.5 Å². The third-order valence-electron chi connectivity index (χ3n) is 3.54. The maximum absolute atomic E-state index is 13.0. The van der Waals surface area contributed by atoms with Crippen molar-refractivity contribution in [1.29, 1.82) is 0 Å². The lowest BCUT2D eigenvalue weighted by Gasteiger charge is -2.27. The molecule has 0 aromatic heterocycles. The van der Waals surface area contributed by atoms with Gasteiger partial charge < -0.3 is 5.32 Å². The van der Waals surface area contributed by atoms with Crippen LogP contribution in [0.25, 0.3) is 0 Å². The van der Waals surface area contributed by atoms with Gasteiger partial charge in [-0.2, -0.15) is 0 Å². The molecule has 0 bridgehead atoms. The van der Waals surface area contributed by atoms with Crippen LogP contribution in [0.4, 0.5) is 14.5 Å². The molecule has 21 heavy (non-hydrogen) atoms. The number of hydrogen-bond donors (Lipinski definition) is 2. The fourth-order valence-electron chi connectivity index (χ4n) is 2.27. The molecule has 0 saturated heterocycles. The molecule has 1 aliphatic rings. The van der Waals surface area contributed by atoms with Crippen molar-refractivity contribution in [2.45, 2.75) is 36.5 Å². The average Bonchev–Trinajstić information content (AvgIpc) is 2.38. The largest absolute Gasteiger partial charge is 0.326 e. The van der Waals surface area contributed by atoms with Crippen LogP contribution in [0.5, 0.6) is 0 Å². The van der Waals surface area contributed by atoms with Crippen LogP contribution in [0, 0.1) is 5.92 Å². The van der Waals surface area contributed by atoms with Crippen molar-refractivity contribution in [3.05, 3.63) is 24.3 Å². The van der Waals surface area contributed by atoms with E-state index in [2.05, 4.69) is 5.32 Å². The molecule has 1 saturated carbocycles. The van der Waals surface area contributed by atoms with Crippen molar-refractivity contribution in [2.75, 3.05) is 5.32 Å². The number of hydrogen-bond acceptors (Lipinski definition) is 3. The number of carbonyl (C=O) groups is 1. The van der Waals surface area contributed by atoms with Gasteiger partial charge in [0, 0.05) is 24.4 Å². The van der Waals surface area contributed by atoms with Gasteiger partial charge in [0.05, 0.1) is 4.90 Å². The van der Waals surface area contributed by atoms with E-state index in [9.17, 15) is 22.0 Å². The number of nitrogens with two attached hydrogens (primary N) is 1. The molecular weight excluding hydrogens is 302 g/mol. The van der Waals surface area contributed by atoms with Crippen molar-refractivity contribution < 1.29 is 22.0 Å². The van der Waals surface area contributed by atoms with E-state index < -0.39 is 21.9 Å². The smallest absolute Gasteiger partial charge is 0.248 e. The van der Waals surface area contributed by atoms with Gasteiger partial charge in [0.15, 0.2) is 0 Å². The number of benzene rings is 1. The first kappa shape index (κ1) is 15.8. The number of halogens is 2. The molecule has 3 N–H and O–H groups in total. The van der Waals surface area contributed by atoms with Crippen LogP contribution in [0.1, 0.15) is 25.7 Å². The normalized spacial score (nSPS) is 19.2. The number of primary sulfonamides is 1. The summed E-state index contributed by atoms with van der Waals surface area (Å²) in [5.74, 6) is -3.44. The number of rotatable bonds is 3. The molecule has 2 rings (SSSR count). The lowest BCUT2D eigenvalue weighted by molar-refractivity contribution is -0.124. The molecule has 1 fully saturated rings. The first-order chi connectivity index (χ1) is 9.67. The van der Waals surface area contributed by atoms with Crippen LogP contribution >= 0.6 is 0 Å². The molecule has 1 aromatic rings. The zero-order valence-electron chi connectivity index (χ0n) is 11.2. The van der Waals surface area contributed by atoms with Gasteiger partial charge in [0.1, 0.15) is 0 Å². The second-order valence-electron chi connectivity index (χ2n) is 5.19. The Labute approximate surface area is 121 Å². The highest BCUT2D eigenvalue weighted by Crippen LogP contribution is 2.36. The van der Waals surface area contributed by atoms with Crippen LogP contribution in [0.15, 0.2) is 29.2 Å². The lowest BCUT2D eigenvalue weighted by atomic mass is 9.86. The highest BCUT2D eigenvalue weighted by Gasteiger charge is 2.37. The molecule has 0 radical (unpaired) electrons. The van der Waals surface area contributed by atoms with E-state index >= 15 is 0 Å². The Hall–Kier alpha value is -1.54. The van der Waals surface area contributed by atoms with Crippen molar-refractivity contribution in [1.82, 2.24) is 0 Å². The van der Waals surface area contributed by atoms with Crippen molar-refractivity contribution in [2.24, 2.45) is 11.1 Å². The third-order valence-corrected chi connectivity index (χ3v) is 4.47. The Bertz CT molecular complexity index is 619. The van der Waals surface area contributed by atoms with E-state index in [1.807, 2.05) is 0 Å². The second-order valence-corrected chi connectivity index (χ2v) is 6.75. The van der Waals surface area contributed by atoms with Crippen LogP contribution in [-0.4, -0.2) is 20.2 Å². The van der Waals surface area contributed by atoms with Gasteiger partial charge in [-0.3, -0.25) is 4.79 Å². The predicted octanol–water partition coefficient (Wildman–Crippen LogP) is 2.10. The van der Waals surface area contributed by atoms with E-state index in [1.165, 1.54) is 24.3 Å². The molecule has 1 aliphatic carbocycles. The van der Waals surface area contributed by atoms with Crippen LogP contribution in [-0.2, 0) is 14.8 Å². The number of amides is 1. The molecular formula is C13H16F2N2O3S. The fourth-order valence-corrected chi connectivity index (χ4v) is 2.79. The van der Waals surface area contributed by atoms with E-state index in [0.29, 0.717) is 5.69 Å². The quantitative estimate of drug-likeness (QED) is 0.894. The molecule has 0 spiro atoms. The third kappa shape index (κ3) is 4.21. The number of sulfonamides is 1. The Morgan fingerprint density at radius 3 is 2.19 bits per heavy atom. The predicted molar refractivity (Wildman–Crippen MR) is 73.3 cm³/mol. The fraction of sp³-hybridized carbons (Fsp3) is 0.462. The van der Waals surface area contributed by atoms with E-state index in [1.54, 1.807) is 0 Å². The number of alkyl halides is 2. The summed E-state index contributed by atoms with van der Waals surface area (Å²) in [6, 6.07) is 5.38. The Balaban J connectivity index is 1.97. The molecule has 1 aromatic carbocycles. The summed E-state index contributed by atoms with van der Waals surface area (Å²) in [6.07, 6.45) is -0.271. The minimum Gasteiger partial charge on any atom is -0.326 e. The monoisotopic (exact) mass is 318 g/mol. The van der Waals surface area contributed by atoms with E-state index in [0.717, 1.165) is 0 Å². The lowest BCUT2D eigenvalue weighted by Crippen LogP contribution is -2.31. The molecule has 8 heteroatoms. The molecule has 0 aliphatic heterocycles. The first-order valence-corrected chi connectivity index (χ1v) is 8.04. The summed E-state index contributed by atoms with van der Waals surface area (Å²) in [6.45, 7) is 0. The minimum absolute atomic E-state index is 0.0576. The summed E-state index contributed by atoms with van der Waals surface area (Å²) in [5.41, 5.74) is 0.407. The van der Waals surface area contributed by atoms with Crippen molar-refractivity contribution >= 4 is 21.6 Å². The maximum atomic E-state index is 13.0. The van der Waals surface area contributed by atoms with Crippen molar-refractivity contribution in [3.8, 4) is 0 Å². The number of nitrogens with one attached hydrogen (secondary N) is 1. The Morgan fingerprint density at radius 2 is 1.71 bits per heavy atom.